The third kappa shape index (κ3) is 4.32. The number of nitrogens with zero attached hydrogens (tertiary/aromatic N) is 5. The molecule has 1 aliphatic heterocycles. The van der Waals surface area contributed by atoms with Gasteiger partial charge in [0.15, 0.2) is 0 Å². The third-order valence-electron chi connectivity index (χ3n) is 5.88. The Bertz CT molecular complexity index is 792. The van der Waals surface area contributed by atoms with Gasteiger partial charge in [0.2, 0.25) is 11.1 Å². The first-order chi connectivity index (χ1) is 13.7. The molecule has 2 aliphatic rings. The quantitative estimate of drug-likeness (QED) is 0.693. The minimum absolute atomic E-state index is 0.223. The van der Waals surface area contributed by atoms with Crippen molar-refractivity contribution in [1.29, 1.82) is 0 Å². The van der Waals surface area contributed by atoms with Gasteiger partial charge >= 0.3 is 0 Å². The number of hydrogen-bond donors (Lipinski definition) is 0. The van der Waals surface area contributed by atoms with E-state index in [4.69, 9.17) is 4.74 Å². The second-order valence-electron chi connectivity index (χ2n) is 7.60. The van der Waals surface area contributed by atoms with E-state index >= 15 is 0 Å². The van der Waals surface area contributed by atoms with Crippen molar-refractivity contribution in [2.24, 2.45) is 5.92 Å². The van der Waals surface area contributed by atoms with Crippen LogP contribution in [0.4, 0.5) is 0 Å². The van der Waals surface area contributed by atoms with Gasteiger partial charge in [0, 0.05) is 12.6 Å². The van der Waals surface area contributed by atoms with Crippen molar-refractivity contribution >= 4 is 17.7 Å². The molecule has 2 fully saturated rings. The fourth-order valence-corrected chi connectivity index (χ4v) is 5.21. The second-order valence-corrected chi connectivity index (χ2v) is 8.54. The highest BCUT2D eigenvalue weighted by atomic mass is 32.2. The van der Waals surface area contributed by atoms with Crippen LogP contribution in [0, 0.1) is 5.92 Å². The highest BCUT2D eigenvalue weighted by Crippen LogP contribution is 2.35. The number of fused-ring (bicyclic) bond motifs is 1. The maximum Gasteiger partial charge on any atom is 0.233 e. The summed E-state index contributed by atoms with van der Waals surface area (Å²) < 4.78 is 6.94. The van der Waals surface area contributed by atoms with Gasteiger partial charge in [0.25, 0.3) is 0 Å². The summed E-state index contributed by atoms with van der Waals surface area (Å²) in [5, 5.41) is 12.7. The lowest BCUT2D eigenvalue weighted by Gasteiger charge is -2.44. The van der Waals surface area contributed by atoms with Crippen LogP contribution in [-0.2, 0) is 11.3 Å². The Labute approximate surface area is 169 Å². The van der Waals surface area contributed by atoms with E-state index in [1.165, 1.54) is 37.4 Å². The topological polar surface area (TPSA) is 73.1 Å². The lowest BCUT2D eigenvalue weighted by Crippen LogP contribution is -2.50. The van der Waals surface area contributed by atoms with Crippen molar-refractivity contribution in [3.63, 3.8) is 0 Å². The lowest BCUT2D eigenvalue weighted by molar-refractivity contribution is -0.134. The highest BCUT2D eigenvalue weighted by Gasteiger charge is 2.35. The number of carbonyl (C=O) groups is 1. The molecule has 4 rings (SSSR count). The molecular formula is C20H27N5O2S. The Hall–Kier alpha value is -2.09. The molecule has 1 saturated heterocycles. The van der Waals surface area contributed by atoms with Crippen LogP contribution in [0.5, 0.6) is 5.75 Å². The minimum atomic E-state index is 0.223. The molecule has 28 heavy (non-hydrogen) atoms. The van der Waals surface area contributed by atoms with Crippen molar-refractivity contribution < 1.29 is 9.53 Å². The molecule has 150 valence electrons. The SMILES string of the molecule is COc1ccc(Cn2nnnc2SCC(=O)N2CCCC3CCCCC32)cc1. The van der Waals surface area contributed by atoms with Crippen LogP contribution in [0.15, 0.2) is 29.4 Å². The molecular weight excluding hydrogens is 374 g/mol. The first-order valence-electron chi connectivity index (χ1n) is 10.1. The third-order valence-corrected chi connectivity index (χ3v) is 6.82. The first kappa shape index (κ1) is 19.2. The van der Waals surface area contributed by atoms with E-state index in [2.05, 4.69) is 20.4 Å². The summed E-state index contributed by atoms with van der Waals surface area (Å²) in [6, 6.07) is 8.29. The summed E-state index contributed by atoms with van der Waals surface area (Å²) in [7, 11) is 1.65. The van der Waals surface area contributed by atoms with Gasteiger partial charge in [-0.3, -0.25) is 4.79 Å². The van der Waals surface area contributed by atoms with Crippen molar-refractivity contribution in [3.05, 3.63) is 29.8 Å². The average molecular weight is 402 g/mol. The molecule has 0 radical (unpaired) electrons. The normalized spacial score (nSPS) is 22.0. The molecule has 0 bridgehead atoms. The van der Waals surface area contributed by atoms with Crippen LogP contribution in [0.3, 0.4) is 0 Å². The van der Waals surface area contributed by atoms with Crippen molar-refractivity contribution in [1.82, 2.24) is 25.1 Å². The Morgan fingerprint density at radius 2 is 1.96 bits per heavy atom. The van der Waals surface area contributed by atoms with E-state index in [0.29, 0.717) is 29.4 Å². The van der Waals surface area contributed by atoms with Crippen molar-refractivity contribution in [2.45, 2.75) is 56.3 Å². The molecule has 1 amide bonds. The standard InChI is InChI=1S/C20H27N5O2S/c1-27-17-10-8-15(9-11-17)13-25-20(21-22-23-25)28-14-19(26)24-12-4-6-16-5-2-3-7-18(16)24/h8-11,16,18H,2-7,12-14H2,1H3. The number of piperidine rings is 1. The molecule has 1 aromatic heterocycles. The monoisotopic (exact) mass is 401 g/mol. The van der Waals surface area contributed by atoms with E-state index in [1.807, 2.05) is 24.3 Å². The van der Waals surface area contributed by atoms with Gasteiger partial charge < -0.3 is 9.64 Å². The number of carbonyl (C=O) groups excluding carboxylic acids is 1. The molecule has 7 nitrogen and oxygen atoms in total. The zero-order valence-electron chi connectivity index (χ0n) is 16.3. The molecule has 0 N–H and O–H groups in total. The highest BCUT2D eigenvalue weighted by molar-refractivity contribution is 7.99. The number of aromatic nitrogens is 4. The zero-order chi connectivity index (χ0) is 19.3. The molecule has 1 saturated carbocycles. The van der Waals surface area contributed by atoms with Crippen LogP contribution in [0.25, 0.3) is 0 Å². The molecule has 2 unspecified atom stereocenters. The van der Waals surface area contributed by atoms with Gasteiger partial charge in [-0.1, -0.05) is 36.7 Å². The Balaban J connectivity index is 1.36. The van der Waals surface area contributed by atoms with E-state index < -0.39 is 0 Å². The van der Waals surface area contributed by atoms with Crippen LogP contribution in [0.2, 0.25) is 0 Å². The van der Waals surface area contributed by atoms with Gasteiger partial charge in [-0.05, 0) is 59.7 Å². The molecule has 8 heteroatoms. The Morgan fingerprint density at radius 3 is 2.79 bits per heavy atom. The summed E-state index contributed by atoms with van der Waals surface area (Å²) in [5.41, 5.74) is 1.09. The Morgan fingerprint density at radius 1 is 1.18 bits per heavy atom. The van der Waals surface area contributed by atoms with E-state index in [9.17, 15) is 4.79 Å². The number of hydrogen-bond acceptors (Lipinski definition) is 6. The van der Waals surface area contributed by atoms with Crippen LogP contribution in [-0.4, -0.2) is 56.5 Å². The number of amides is 1. The van der Waals surface area contributed by atoms with E-state index in [1.54, 1.807) is 11.8 Å². The smallest absolute Gasteiger partial charge is 0.233 e. The van der Waals surface area contributed by atoms with Gasteiger partial charge in [0.05, 0.1) is 19.4 Å². The van der Waals surface area contributed by atoms with Crippen LogP contribution >= 0.6 is 11.8 Å². The minimum Gasteiger partial charge on any atom is -0.497 e. The van der Waals surface area contributed by atoms with Gasteiger partial charge in [0.1, 0.15) is 5.75 Å². The number of tetrazole rings is 1. The summed E-state index contributed by atoms with van der Waals surface area (Å²) in [5.74, 6) is 2.15. The number of rotatable bonds is 6. The second kappa shape index (κ2) is 8.94. The lowest BCUT2D eigenvalue weighted by atomic mass is 9.78. The summed E-state index contributed by atoms with van der Waals surface area (Å²) in [6.07, 6.45) is 7.42. The molecule has 0 spiro atoms. The zero-order valence-corrected chi connectivity index (χ0v) is 17.1. The van der Waals surface area contributed by atoms with E-state index in [-0.39, 0.29) is 5.91 Å². The van der Waals surface area contributed by atoms with Crippen LogP contribution < -0.4 is 4.74 Å². The first-order valence-corrected chi connectivity index (χ1v) is 11.0. The molecule has 2 atom stereocenters. The maximum absolute atomic E-state index is 12.9. The summed E-state index contributed by atoms with van der Waals surface area (Å²) in [4.78, 5) is 15.0. The van der Waals surface area contributed by atoms with E-state index in [0.717, 1.165) is 30.7 Å². The molecule has 2 heterocycles. The number of benzene rings is 1. The largest absolute Gasteiger partial charge is 0.497 e. The molecule has 1 aromatic carbocycles. The van der Waals surface area contributed by atoms with Gasteiger partial charge in [-0.15, -0.1) is 5.10 Å². The number of thioether (sulfide) groups is 1. The predicted octanol–water partition coefficient (Wildman–Crippen LogP) is 3.00. The average Bonchev–Trinajstić information content (AvgIpc) is 3.19. The van der Waals surface area contributed by atoms with Gasteiger partial charge in [-0.2, -0.15) is 0 Å². The summed E-state index contributed by atoms with van der Waals surface area (Å²) in [6.45, 7) is 1.47. The predicted molar refractivity (Wildman–Crippen MR) is 107 cm³/mol. The fraction of sp³-hybridized carbons (Fsp3) is 0.600. The number of ether oxygens (including phenoxy) is 1. The molecule has 1 aliphatic carbocycles. The fourth-order valence-electron chi connectivity index (χ4n) is 4.45. The summed E-state index contributed by atoms with van der Waals surface area (Å²) >= 11 is 1.43. The van der Waals surface area contributed by atoms with Crippen LogP contribution in [0.1, 0.15) is 44.1 Å². The van der Waals surface area contributed by atoms with Gasteiger partial charge in [-0.25, -0.2) is 4.68 Å². The van der Waals surface area contributed by atoms with Crippen molar-refractivity contribution in [2.75, 3.05) is 19.4 Å². The number of methoxy groups -OCH3 is 1. The van der Waals surface area contributed by atoms with Crippen molar-refractivity contribution in [3.8, 4) is 5.75 Å². The number of likely N-dealkylation sites (tertiary alicyclic amines) is 1. The Kier molecular flexibility index (Phi) is 6.14. The molecule has 2 aromatic rings. The maximum atomic E-state index is 12.9.